The summed E-state index contributed by atoms with van der Waals surface area (Å²) in [7, 11) is 0. The molecule has 0 radical (unpaired) electrons. The predicted molar refractivity (Wildman–Crippen MR) is 75.1 cm³/mol. The molecule has 1 aromatic carbocycles. The van der Waals surface area contributed by atoms with E-state index >= 15 is 0 Å². The van der Waals surface area contributed by atoms with Crippen LogP contribution in [0.4, 0.5) is 5.69 Å². The number of carbonyl (C=O) groups excluding carboxylic acids is 2. The molecule has 0 spiro atoms. The monoisotopic (exact) mass is 277 g/mol. The second kappa shape index (κ2) is 6.38. The van der Waals surface area contributed by atoms with E-state index in [2.05, 4.69) is 5.43 Å². The van der Waals surface area contributed by atoms with E-state index in [0.29, 0.717) is 18.6 Å². The fourth-order valence-electron chi connectivity index (χ4n) is 2.23. The molecule has 6 nitrogen and oxygen atoms in total. The molecular weight excluding hydrogens is 258 g/mol. The third-order valence-electron chi connectivity index (χ3n) is 3.29. The van der Waals surface area contributed by atoms with Gasteiger partial charge in [-0.3, -0.25) is 15.0 Å². The number of nitrogens with zero attached hydrogens (tertiary/aromatic N) is 1. The van der Waals surface area contributed by atoms with Crippen LogP contribution in [0.5, 0.6) is 5.75 Å². The van der Waals surface area contributed by atoms with E-state index in [9.17, 15) is 9.59 Å². The fourth-order valence-corrected chi connectivity index (χ4v) is 2.23. The first kappa shape index (κ1) is 14.3. The zero-order chi connectivity index (χ0) is 14.5. The van der Waals surface area contributed by atoms with E-state index in [4.69, 9.17) is 10.6 Å². The largest absolute Gasteiger partial charge is 0.480 e. The van der Waals surface area contributed by atoms with E-state index < -0.39 is 6.10 Å². The Balaban J connectivity index is 2.13. The molecule has 20 heavy (non-hydrogen) atoms. The molecule has 1 atom stereocenters. The lowest BCUT2D eigenvalue weighted by molar-refractivity contribution is -0.128. The minimum absolute atomic E-state index is 0.119. The molecule has 0 aliphatic carbocycles. The van der Waals surface area contributed by atoms with Gasteiger partial charge in [0.15, 0.2) is 6.10 Å². The minimum Gasteiger partial charge on any atom is -0.480 e. The Morgan fingerprint density at radius 3 is 2.95 bits per heavy atom. The van der Waals surface area contributed by atoms with Crippen LogP contribution in [0.15, 0.2) is 24.3 Å². The van der Waals surface area contributed by atoms with Crippen LogP contribution in [0.2, 0.25) is 0 Å². The minimum atomic E-state index is -0.635. The van der Waals surface area contributed by atoms with Crippen molar-refractivity contribution in [2.45, 2.75) is 32.3 Å². The summed E-state index contributed by atoms with van der Waals surface area (Å²) in [6.45, 7) is 2.57. The van der Waals surface area contributed by atoms with E-state index in [1.165, 1.54) is 0 Å². The molecule has 1 aliphatic heterocycles. The number of benzene rings is 1. The van der Waals surface area contributed by atoms with Crippen LogP contribution in [-0.2, 0) is 9.59 Å². The number of rotatable bonds is 5. The van der Waals surface area contributed by atoms with Gasteiger partial charge in [-0.15, -0.1) is 0 Å². The molecule has 1 unspecified atom stereocenters. The van der Waals surface area contributed by atoms with Crippen LogP contribution in [0.25, 0.3) is 0 Å². The van der Waals surface area contributed by atoms with Crippen LogP contribution < -0.4 is 20.9 Å². The fraction of sp³-hybridized carbons (Fsp3) is 0.429. The highest BCUT2D eigenvalue weighted by atomic mass is 16.5. The van der Waals surface area contributed by atoms with Gasteiger partial charge < -0.3 is 9.64 Å². The number of hydrogen-bond acceptors (Lipinski definition) is 4. The maximum absolute atomic E-state index is 11.7. The topological polar surface area (TPSA) is 84.7 Å². The number of anilines is 1. The van der Waals surface area contributed by atoms with Crippen LogP contribution >= 0.6 is 0 Å². The van der Waals surface area contributed by atoms with Crippen LogP contribution in [0.3, 0.4) is 0 Å². The van der Waals surface area contributed by atoms with Crippen molar-refractivity contribution in [1.29, 1.82) is 0 Å². The Bertz CT molecular complexity index is 504. The summed E-state index contributed by atoms with van der Waals surface area (Å²) in [5.74, 6) is 5.42. The summed E-state index contributed by atoms with van der Waals surface area (Å²) >= 11 is 0. The highest BCUT2D eigenvalue weighted by Crippen LogP contribution is 2.26. The number of amides is 2. The van der Waals surface area contributed by atoms with Crippen molar-refractivity contribution in [3.63, 3.8) is 0 Å². The van der Waals surface area contributed by atoms with Gasteiger partial charge in [-0.25, -0.2) is 5.84 Å². The van der Waals surface area contributed by atoms with Gasteiger partial charge in [0.2, 0.25) is 5.91 Å². The first-order valence-corrected chi connectivity index (χ1v) is 6.73. The summed E-state index contributed by atoms with van der Waals surface area (Å²) in [6, 6.07) is 7.20. The normalized spacial score (nSPS) is 16.1. The SMILES string of the molecule is CCC(Oc1cccc(N2CCCC2=O)c1)C(=O)NN. The number of hydrazine groups is 1. The van der Waals surface area contributed by atoms with Gasteiger partial charge in [0.25, 0.3) is 5.91 Å². The highest BCUT2D eigenvalue weighted by Gasteiger charge is 2.22. The second-order valence-electron chi connectivity index (χ2n) is 4.67. The zero-order valence-electron chi connectivity index (χ0n) is 11.5. The molecule has 0 saturated carbocycles. The Morgan fingerprint density at radius 2 is 2.35 bits per heavy atom. The van der Waals surface area contributed by atoms with Crippen molar-refractivity contribution >= 4 is 17.5 Å². The van der Waals surface area contributed by atoms with Gasteiger partial charge in [-0.2, -0.15) is 0 Å². The molecule has 0 aromatic heterocycles. The third kappa shape index (κ3) is 3.08. The van der Waals surface area contributed by atoms with Crippen LogP contribution in [0, 0.1) is 0 Å². The molecule has 108 valence electrons. The summed E-state index contributed by atoms with van der Waals surface area (Å²) in [4.78, 5) is 25.0. The highest BCUT2D eigenvalue weighted by molar-refractivity contribution is 5.95. The Hall–Kier alpha value is -2.08. The number of nitrogens with two attached hydrogens (primary N) is 1. The third-order valence-corrected chi connectivity index (χ3v) is 3.29. The van der Waals surface area contributed by atoms with Crippen LogP contribution in [0.1, 0.15) is 26.2 Å². The van der Waals surface area contributed by atoms with Gasteiger partial charge >= 0.3 is 0 Å². The van der Waals surface area contributed by atoms with Crippen molar-refractivity contribution in [2.24, 2.45) is 5.84 Å². The molecule has 1 fully saturated rings. The average Bonchev–Trinajstić information content (AvgIpc) is 2.90. The molecule has 6 heteroatoms. The molecule has 1 heterocycles. The number of ether oxygens (including phenoxy) is 1. The van der Waals surface area contributed by atoms with Crippen molar-refractivity contribution in [2.75, 3.05) is 11.4 Å². The first-order valence-electron chi connectivity index (χ1n) is 6.73. The zero-order valence-corrected chi connectivity index (χ0v) is 11.5. The smallest absolute Gasteiger partial charge is 0.274 e. The molecule has 0 bridgehead atoms. The van der Waals surface area contributed by atoms with Crippen molar-refractivity contribution in [3.8, 4) is 5.75 Å². The maximum Gasteiger partial charge on any atom is 0.274 e. The van der Waals surface area contributed by atoms with Gasteiger partial charge in [0.1, 0.15) is 5.75 Å². The maximum atomic E-state index is 11.7. The number of carbonyl (C=O) groups is 2. The molecular formula is C14H19N3O3. The van der Waals surface area contributed by atoms with Crippen molar-refractivity contribution < 1.29 is 14.3 Å². The van der Waals surface area contributed by atoms with Crippen molar-refractivity contribution in [3.05, 3.63) is 24.3 Å². The summed E-state index contributed by atoms with van der Waals surface area (Å²) in [5.41, 5.74) is 2.88. The standard InChI is InChI=1S/C14H19N3O3/c1-2-12(14(19)16-15)20-11-6-3-5-10(9-11)17-8-4-7-13(17)18/h3,5-6,9,12H,2,4,7-8,15H2,1H3,(H,16,19). The Labute approximate surface area is 117 Å². The lowest BCUT2D eigenvalue weighted by Gasteiger charge is -2.19. The molecule has 2 amide bonds. The van der Waals surface area contributed by atoms with Gasteiger partial charge in [0, 0.05) is 24.7 Å². The summed E-state index contributed by atoms with van der Waals surface area (Å²) in [6.07, 6.45) is 1.33. The summed E-state index contributed by atoms with van der Waals surface area (Å²) in [5, 5.41) is 0. The number of nitrogens with one attached hydrogen (secondary N) is 1. The van der Waals surface area contributed by atoms with E-state index in [-0.39, 0.29) is 11.8 Å². The second-order valence-corrected chi connectivity index (χ2v) is 4.67. The summed E-state index contributed by atoms with van der Waals surface area (Å²) < 4.78 is 5.62. The first-order chi connectivity index (χ1) is 9.65. The predicted octanol–water partition coefficient (Wildman–Crippen LogP) is 0.961. The van der Waals surface area contributed by atoms with Gasteiger partial charge in [0.05, 0.1) is 0 Å². The average molecular weight is 277 g/mol. The Morgan fingerprint density at radius 1 is 1.55 bits per heavy atom. The molecule has 1 aromatic rings. The van der Waals surface area contributed by atoms with Gasteiger partial charge in [-0.1, -0.05) is 13.0 Å². The quantitative estimate of drug-likeness (QED) is 0.477. The molecule has 1 saturated heterocycles. The Kier molecular flexibility index (Phi) is 4.57. The molecule has 3 N–H and O–H groups in total. The van der Waals surface area contributed by atoms with Crippen LogP contribution in [-0.4, -0.2) is 24.5 Å². The van der Waals surface area contributed by atoms with E-state index in [1.807, 2.05) is 19.1 Å². The van der Waals surface area contributed by atoms with E-state index in [1.54, 1.807) is 17.0 Å². The number of hydrogen-bond donors (Lipinski definition) is 2. The van der Waals surface area contributed by atoms with Gasteiger partial charge in [-0.05, 0) is 25.0 Å². The van der Waals surface area contributed by atoms with Crippen molar-refractivity contribution in [1.82, 2.24) is 5.43 Å². The molecule has 1 aliphatic rings. The van der Waals surface area contributed by atoms with E-state index in [0.717, 1.165) is 18.7 Å². The lowest BCUT2D eigenvalue weighted by atomic mass is 10.2. The lowest BCUT2D eigenvalue weighted by Crippen LogP contribution is -2.41. The molecule has 2 rings (SSSR count).